The first-order chi connectivity index (χ1) is 21.8. The molecule has 45 heavy (non-hydrogen) atoms. The number of pyridine rings is 1. The standard InChI is InChI=1S/C35H39F2N5O3/c1-3-25-28(37)7-6-22-14-24(43)15-26(29(22)25)30-21(2)31-27(17-38-30)32(41-11-5-9-35(19-41)10-13-45-35)40-33(39-31)44-20-34-8-4-12-42(34)18-23(36)16-34/h6-7,14-15,17,23,43H,3-5,8-13,16,18-20H2,1-2H3/t23-,34+,35?/m1/s1. The number of benzene rings is 2. The van der Waals surface area contributed by atoms with E-state index in [1.807, 2.05) is 13.8 Å². The van der Waals surface area contributed by atoms with Gasteiger partial charge in [-0.3, -0.25) is 9.88 Å². The number of aromatic nitrogens is 3. The van der Waals surface area contributed by atoms with Gasteiger partial charge in [0.05, 0.1) is 34.3 Å². The predicted octanol–water partition coefficient (Wildman–Crippen LogP) is 6.28. The number of rotatable bonds is 6. The smallest absolute Gasteiger partial charge is 0.319 e. The van der Waals surface area contributed by atoms with Crippen molar-refractivity contribution in [3.05, 3.63) is 47.4 Å². The molecule has 4 saturated heterocycles. The Balaban J connectivity index is 1.27. The van der Waals surface area contributed by atoms with Crippen LogP contribution in [0.4, 0.5) is 14.6 Å². The van der Waals surface area contributed by atoms with E-state index in [9.17, 15) is 9.50 Å². The summed E-state index contributed by atoms with van der Waals surface area (Å²) >= 11 is 0. The first-order valence-electron chi connectivity index (χ1n) is 16.3. The molecular weight excluding hydrogens is 576 g/mol. The Bertz CT molecular complexity index is 1810. The van der Waals surface area contributed by atoms with Gasteiger partial charge < -0.3 is 19.5 Å². The normalized spacial score (nSPS) is 26.6. The Hall–Kier alpha value is -3.63. The zero-order chi connectivity index (χ0) is 30.9. The lowest BCUT2D eigenvalue weighted by atomic mass is 9.86. The van der Waals surface area contributed by atoms with Crippen LogP contribution < -0.4 is 9.64 Å². The lowest BCUT2D eigenvalue weighted by Gasteiger charge is -2.48. The number of phenolic OH excluding ortho intramolecular Hbond substituents is 1. The summed E-state index contributed by atoms with van der Waals surface area (Å²) in [4.78, 5) is 19.4. The fraction of sp³-hybridized carbons (Fsp3) is 0.514. The summed E-state index contributed by atoms with van der Waals surface area (Å²) in [5.41, 5.74) is 2.86. The van der Waals surface area contributed by atoms with E-state index in [4.69, 9.17) is 24.4 Å². The summed E-state index contributed by atoms with van der Waals surface area (Å²) < 4.78 is 42.1. The number of ether oxygens (including phenoxy) is 2. The van der Waals surface area contributed by atoms with Gasteiger partial charge in [-0.2, -0.15) is 9.97 Å². The average Bonchev–Trinajstić information content (AvgIpc) is 3.55. The molecule has 1 unspecified atom stereocenters. The number of aryl methyl sites for hydroxylation is 2. The quantitative estimate of drug-likeness (QED) is 0.272. The van der Waals surface area contributed by atoms with Crippen molar-refractivity contribution in [1.29, 1.82) is 0 Å². The molecule has 4 aromatic rings. The highest BCUT2D eigenvalue weighted by atomic mass is 19.1. The maximum absolute atomic E-state index is 15.0. The van der Waals surface area contributed by atoms with Crippen LogP contribution in [0.1, 0.15) is 56.6 Å². The fourth-order valence-corrected chi connectivity index (χ4v) is 8.43. The van der Waals surface area contributed by atoms with E-state index in [0.717, 1.165) is 85.9 Å². The molecule has 1 N–H and O–H groups in total. The zero-order valence-corrected chi connectivity index (χ0v) is 25.9. The number of hydrogen-bond acceptors (Lipinski definition) is 8. The Morgan fingerprint density at radius 1 is 1.13 bits per heavy atom. The van der Waals surface area contributed by atoms with Crippen molar-refractivity contribution >= 4 is 27.5 Å². The number of fused-ring (bicyclic) bond motifs is 3. The molecule has 10 heteroatoms. The first-order valence-corrected chi connectivity index (χ1v) is 16.3. The first kappa shape index (κ1) is 28.8. The van der Waals surface area contributed by atoms with Crippen molar-refractivity contribution in [3.8, 4) is 23.0 Å². The van der Waals surface area contributed by atoms with Crippen LogP contribution in [0, 0.1) is 12.7 Å². The monoisotopic (exact) mass is 615 g/mol. The molecule has 0 bridgehead atoms. The predicted molar refractivity (Wildman–Crippen MR) is 169 cm³/mol. The molecule has 0 amide bonds. The third-order valence-electron chi connectivity index (χ3n) is 10.7. The summed E-state index contributed by atoms with van der Waals surface area (Å²) in [6, 6.07) is 6.72. The highest BCUT2D eigenvalue weighted by Crippen LogP contribution is 2.43. The Kier molecular flexibility index (Phi) is 6.87. The molecule has 0 aliphatic carbocycles. The summed E-state index contributed by atoms with van der Waals surface area (Å²) in [6.07, 6.45) is 6.88. The maximum Gasteiger partial charge on any atom is 0.319 e. The number of phenols is 1. The fourth-order valence-electron chi connectivity index (χ4n) is 8.43. The summed E-state index contributed by atoms with van der Waals surface area (Å²) in [6.45, 7) is 7.90. The van der Waals surface area contributed by atoms with Crippen molar-refractivity contribution in [2.75, 3.05) is 44.3 Å². The molecule has 6 heterocycles. The highest BCUT2D eigenvalue weighted by molar-refractivity contribution is 6.03. The van der Waals surface area contributed by atoms with Crippen molar-refractivity contribution in [3.63, 3.8) is 0 Å². The van der Waals surface area contributed by atoms with Gasteiger partial charge in [0, 0.05) is 49.8 Å². The minimum atomic E-state index is -0.847. The number of halogens is 2. The van der Waals surface area contributed by atoms with Gasteiger partial charge in [-0.1, -0.05) is 13.0 Å². The Morgan fingerprint density at radius 3 is 2.78 bits per heavy atom. The number of anilines is 1. The van der Waals surface area contributed by atoms with Gasteiger partial charge in [0.2, 0.25) is 0 Å². The van der Waals surface area contributed by atoms with Crippen LogP contribution in [0.5, 0.6) is 11.8 Å². The van der Waals surface area contributed by atoms with Gasteiger partial charge in [0.1, 0.15) is 30.2 Å². The van der Waals surface area contributed by atoms with Crippen LogP contribution in [0.25, 0.3) is 32.9 Å². The van der Waals surface area contributed by atoms with Crippen LogP contribution in [0.15, 0.2) is 30.5 Å². The second-order valence-corrected chi connectivity index (χ2v) is 13.5. The third-order valence-corrected chi connectivity index (χ3v) is 10.7. The molecule has 236 valence electrons. The SMILES string of the molecule is CCc1c(F)ccc2cc(O)cc(-c3ncc4c(N5CCCC6(CCO6)C5)nc(OC[C@@]56CCCN5C[C@H](F)C6)nc4c3C)c12. The molecule has 0 saturated carbocycles. The van der Waals surface area contributed by atoms with Gasteiger partial charge in [0.25, 0.3) is 0 Å². The van der Waals surface area contributed by atoms with E-state index in [-0.39, 0.29) is 28.7 Å². The largest absolute Gasteiger partial charge is 0.508 e. The molecular formula is C35H39F2N5O3. The molecule has 8 nitrogen and oxygen atoms in total. The van der Waals surface area contributed by atoms with Gasteiger partial charge in [0.15, 0.2) is 0 Å². The molecule has 4 fully saturated rings. The van der Waals surface area contributed by atoms with Gasteiger partial charge in [-0.05, 0) is 80.1 Å². The molecule has 8 rings (SSSR count). The number of alkyl halides is 1. The lowest BCUT2D eigenvalue weighted by Crippen LogP contribution is -2.56. The molecule has 3 atom stereocenters. The van der Waals surface area contributed by atoms with Crippen LogP contribution in [0.3, 0.4) is 0 Å². The molecule has 4 aliphatic rings. The molecule has 2 aromatic heterocycles. The average molecular weight is 616 g/mol. The zero-order valence-electron chi connectivity index (χ0n) is 25.9. The summed E-state index contributed by atoms with van der Waals surface area (Å²) in [5, 5.41) is 13.0. The van der Waals surface area contributed by atoms with Crippen LogP contribution in [0.2, 0.25) is 0 Å². The Morgan fingerprint density at radius 2 is 1.98 bits per heavy atom. The second-order valence-electron chi connectivity index (χ2n) is 13.5. The molecule has 0 radical (unpaired) electrons. The molecule has 1 spiro atoms. The lowest BCUT2D eigenvalue weighted by molar-refractivity contribution is -0.151. The highest BCUT2D eigenvalue weighted by Gasteiger charge is 2.49. The van der Waals surface area contributed by atoms with Crippen LogP contribution >= 0.6 is 0 Å². The van der Waals surface area contributed by atoms with E-state index in [2.05, 4.69) is 9.80 Å². The number of hydrogen-bond donors (Lipinski definition) is 1. The van der Waals surface area contributed by atoms with Crippen molar-refractivity contribution in [2.24, 2.45) is 0 Å². The number of nitrogens with zero attached hydrogens (tertiary/aromatic N) is 5. The van der Waals surface area contributed by atoms with E-state index in [1.54, 1.807) is 24.4 Å². The summed E-state index contributed by atoms with van der Waals surface area (Å²) in [5.74, 6) is 0.557. The molecule has 4 aliphatic heterocycles. The van der Waals surface area contributed by atoms with Gasteiger partial charge >= 0.3 is 6.01 Å². The summed E-state index contributed by atoms with van der Waals surface area (Å²) in [7, 11) is 0. The molecule has 2 aromatic carbocycles. The maximum atomic E-state index is 15.0. The number of aromatic hydroxyl groups is 1. The van der Waals surface area contributed by atoms with Crippen LogP contribution in [-0.4, -0.2) is 81.7 Å². The van der Waals surface area contributed by atoms with E-state index in [1.165, 1.54) is 6.07 Å². The van der Waals surface area contributed by atoms with Gasteiger partial charge in [-0.15, -0.1) is 0 Å². The topological polar surface area (TPSA) is 83.8 Å². The number of piperidine rings is 1. The van der Waals surface area contributed by atoms with Crippen LogP contribution in [-0.2, 0) is 11.2 Å². The van der Waals surface area contributed by atoms with Gasteiger partial charge in [-0.25, -0.2) is 8.78 Å². The second kappa shape index (κ2) is 10.7. The van der Waals surface area contributed by atoms with Crippen molar-refractivity contribution in [1.82, 2.24) is 19.9 Å². The van der Waals surface area contributed by atoms with Crippen molar-refractivity contribution in [2.45, 2.75) is 76.1 Å². The van der Waals surface area contributed by atoms with E-state index < -0.39 is 6.17 Å². The van der Waals surface area contributed by atoms with E-state index >= 15 is 4.39 Å². The minimum absolute atomic E-state index is 0.0853. The van der Waals surface area contributed by atoms with Crippen molar-refractivity contribution < 1.29 is 23.4 Å². The Labute approximate surface area is 261 Å². The third kappa shape index (κ3) is 4.71. The van der Waals surface area contributed by atoms with E-state index in [0.29, 0.717) is 48.3 Å². The minimum Gasteiger partial charge on any atom is -0.508 e.